The van der Waals surface area contributed by atoms with Crippen LogP contribution < -0.4 is 4.74 Å². The quantitative estimate of drug-likeness (QED) is 0.471. The average molecular weight is 374 g/mol. The fraction of sp³-hybridized carbons (Fsp3) is 0.526. The molecule has 0 spiro atoms. The van der Waals surface area contributed by atoms with Crippen molar-refractivity contribution >= 4 is 17.7 Å². The standard InChI is InChI=1S/C19H22N2O4S/c1-2-3-4-16-14-8-7-13(9-15(14)18(22)24-16)23-10-17-20-21-19(25-17)26-11-12-5-6-12/h7-9,12,16H,2-6,10-11H2,1H3. The second-order valence-electron chi connectivity index (χ2n) is 6.79. The van der Waals surface area contributed by atoms with Crippen LogP contribution in [0.5, 0.6) is 5.75 Å². The van der Waals surface area contributed by atoms with Gasteiger partial charge in [0.25, 0.3) is 11.1 Å². The molecule has 1 fully saturated rings. The highest BCUT2D eigenvalue weighted by Gasteiger charge is 2.30. The fourth-order valence-corrected chi connectivity index (χ4v) is 3.88. The van der Waals surface area contributed by atoms with Gasteiger partial charge in [0.1, 0.15) is 11.9 Å². The molecule has 4 rings (SSSR count). The number of hydrogen-bond donors (Lipinski definition) is 0. The van der Waals surface area contributed by atoms with Crippen molar-refractivity contribution in [3.8, 4) is 5.75 Å². The summed E-state index contributed by atoms with van der Waals surface area (Å²) in [5, 5.41) is 8.63. The number of thioether (sulfide) groups is 1. The summed E-state index contributed by atoms with van der Waals surface area (Å²) < 4.78 is 16.8. The Morgan fingerprint density at radius 2 is 2.19 bits per heavy atom. The van der Waals surface area contributed by atoms with Crippen molar-refractivity contribution in [1.82, 2.24) is 10.2 Å². The van der Waals surface area contributed by atoms with Crippen molar-refractivity contribution < 1.29 is 18.7 Å². The van der Waals surface area contributed by atoms with Gasteiger partial charge in [-0.1, -0.05) is 31.2 Å². The lowest BCUT2D eigenvalue weighted by atomic mass is 10.0. The third kappa shape index (κ3) is 4.03. The second kappa shape index (κ2) is 7.70. The lowest BCUT2D eigenvalue weighted by molar-refractivity contribution is 0.0364. The Labute approximate surface area is 156 Å². The fourth-order valence-electron chi connectivity index (χ4n) is 2.92. The monoisotopic (exact) mass is 374 g/mol. The lowest BCUT2D eigenvalue weighted by Crippen LogP contribution is -1.98. The summed E-state index contributed by atoms with van der Waals surface area (Å²) in [7, 11) is 0. The van der Waals surface area contributed by atoms with Gasteiger partial charge in [0, 0.05) is 11.3 Å². The van der Waals surface area contributed by atoms with Gasteiger partial charge in [0.15, 0.2) is 6.61 Å². The van der Waals surface area contributed by atoms with Gasteiger partial charge in [0.2, 0.25) is 0 Å². The van der Waals surface area contributed by atoms with Crippen LogP contribution in [0.15, 0.2) is 27.8 Å². The number of carbonyl (C=O) groups excluding carboxylic acids is 1. The number of rotatable bonds is 9. The second-order valence-corrected chi connectivity index (χ2v) is 7.76. The van der Waals surface area contributed by atoms with Crippen LogP contribution in [0.1, 0.15) is 66.9 Å². The number of esters is 1. The van der Waals surface area contributed by atoms with E-state index >= 15 is 0 Å². The Kier molecular flexibility index (Phi) is 5.15. The number of unbranched alkanes of at least 4 members (excludes halogenated alkanes) is 1. The predicted octanol–water partition coefficient (Wildman–Crippen LogP) is 4.55. The smallest absolute Gasteiger partial charge is 0.339 e. The molecular weight excluding hydrogens is 352 g/mol. The number of cyclic esters (lactones) is 1. The molecule has 0 amide bonds. The minimum atomic E-state index is -0.275. The Hall–Kier alpha value is -2.02. The molecule has 7 heteroatoms. The highest BCUT2D eigenvalue weighted by Crippen LogP contribution is 2.36. The molecule has 2 aliphatic rings. The molecule has 6 nitrogen and oxygen atoms in total. The van der Waals surface area contributed by atoms with E-state index in [9.17, 15) is 4.79 Å². The first-order valence-corrected chi connectivity index (χ1v) is 10.1. The molecular formula is C19H22N2O4S. The Bertz CT molecular complexity index is 788. The van der Waals surface area contributed by atoms with E-state index in [-0.39, 0.29) is 18.7 Å². The molecule has 1 aromatic heterocycles. The summed E-state index contributed by atoms with van der Waals surface area (Å²) >= 11 is 1.60. The molecule has 0 radical (unpaired) electrons. The molecule has 1 aromatic carbocycles. The summed E-state index contributed by atoms with van der Waals surface area (Å²) in [6.07, 6.45) is 5.45. The van der Waals surface area contributed by atoms with Crippen LogP contribution in [0.4, 0.5) is 0 Å². The minimum Gasteiger partial charge on any atom is -0.484 e. The average Bonchev–Trinajstić information content (AvgIpc) is 3.29. The zero-order valence-corrected chi connectivity index (χ0v) is 15.6. The first kappa shape index (κ1) is 17.4. The summed E-state index contributed by atoms with van der Waals surface area (Å²) in [6, 6.07) is 5.52. The predicted molar refractivity (Wildman–Crippen MR) is 96.2 cm³/mol. The van der Waals surface area contributed by atoms with Crippen molar-refractivity contribution in [3.63, 3.8) is 0 Å². The number of hydrogen-bond acceptors (Lipinski definition) is 7. The highest BCUT2D eigenvalue weighted by molar-refractivity contribution is 7.99. The van der Waals surface area contributed by atoms with Crippen LogP contribution in [0.25, 0.3) is 0 Å². The first-order valence-electron chi connectivity index (χ1n) is 9.16. The lowest BCUT2D eigenvalue weighted by Gasteiger charge is -2.09. The van der Waals surface area contributed by atoms with Crippen molar-refractivity contribution in [2.24, 2.45) is 5.92 Å². The molecule has 0 saturated heterocycles. The number of benzene rings is 1. The summed E-state index contributed by atoms with van der Waals surface area (Å²) in [4.78, 5) is 12.1. The van der Waals surface area contributed by atoms with Gasteiger partial charge in [-0.2, -0.15) is 0 Å². The normalized spacial score (nSPS) is 18.7. The van der Waals surface area contributed by atoms with Gasteiger partial charge in [0.05, 0.1) is 5.56 Å². The molecule has 1 unspecified atom stereocenters. The molecule has 0 bridgehead atoms. The maximum atomic E-state index is 12.1. The number of ether oxygens (including phenoxy) is 2. The summed E-state index contributed by atoms with van der Waals surface area (Å²) in [6.45, 7) is 2.31. The molecule has 0 N–H and O–H groups in total. The van der Waals surface area contributed by atoms with Crippen molar-refractivity contribution in [1.29, 1.82) is 0 Å². The third-order valence-corrected chi connectivity index (χ3v) is 5.66. The number of carbonyl (C=O) groups is 1. The summed E-state index contributed by atoms with van der Waals surface area (Å²) in [5.41, 5.74) is 1.54. The molecule has 1 aliphatic carbocycles. The van der Waals surface area contributed by atoms with E-state index in [0.29, 0.717) is 22.4 Å². The van der Waals surface area contributed by atoms with Gasteiger partial charge in [-0.25, -0.2) is 4.79 Å². The minimum absolute atomic E-state index is 0.131. The zero-order valence-electron chi connectivity index (χ0n) is 14.8. The van der Waals surface area contributed by atoms with E-state index < -0.39 is 0 Å². The Balaban J connectivity index is 1.35. The maximum absolute atomic E-state index is 12.1. The number of fused-ring (bicyclic) bond motifs is 1. The molecule has 26 heavy (non-hydrogen) atoms. The van der Waals surface area contributed by atoms with Gasteiger partial charge in [-0.05, 0) is 43.7 Å². The largest absolute Gasteiger partial charge is 0.484 e. The zero-order chi connectivity index (χ0) is 17.9. The van der Waals surface area contributed by atoms with Gasteiger partial charge < -0.3 is 13.9 Å². The molecule has 138 valence electrons. The van der Waals surface area contributed by atoms with E-state index in [4.69, 9.17) is 13.9 Å². The Morgan fingerprint density at radius 3 is 3.00 bits per heavy atom. The van der Waals surface area contributed by atoms with Gasteiger partial charge in [-0.15, -0.1) is 10.2 Å². The topological polar surface area (TPSA) is 74.5 Å². The maximum Gasteiger partial charge on any atom is 0.339 e. The van der Waals surface area contributed by atoms with Crippen molar-refractivity contribution in [2.45, 2.75) is 57.0 Å². The van der Waals surface area contributed by atoms with E-state index in [1.54, 1.807) is 17.8 Å². The van der Waals surface area contributed by atoms with E-state index in [0.717, 1.165) is 36.5 Å². The van der Waals surface area contributed by atoms with Crippen LogP contribution in [-0.4, -0.2) is 21.9 Å². The number of aromatic nitrogens is 2. The van der Waals surface area contributed by atoms with Crippen molar-refractivity contribution in [2.75, 3.05) is 5.75 Å². The van der Waals surface area contributed by atoms with Gasteiger partial charge in [-0.3, -0.25) is 0 Å². The molecule has 1 atom stereocenters. The van der Waals surface area contributed by atoms with Crippen LogP contribution in [0.2, 0.25) is 0 Å². The van der Waals surface area contributed by atoms with Crippen LogP contribution in [0, 0.1) is 5.92 Å². The third-order valence-electron chi connectivity index (χ3n) is 4.61. The molecule has 1 aliphatic heterocycles. The molecule has 2 aromatic rings. The first-order chi connectivity index (χ1) is 12.7. The molecule has 2 heterocycles. The van der Waals surface area contributed by atoms with Crippen LogP contribution in [0.3, 0.4) is 0 Å². The van der Waals surface area contributed by atoms with E-state index in [1.807, 2.05) is 12.1 Å². The SMILES string of the molecule is CCCCC1OC(=O)c2cc(OCc3nnc(SCC4CC4)o3)ccc21. The highest BCUT2D eigenvalue weighted by atomic mass is 32.2. The Morgan fingerprint density at radius 1 is 1.31 bits per heavy atom. The van der Waals surface area contributed by atoms with E-state index in [2.05, 4.69) is 17.1 Å². The molecule has 1 saturated carbocycles. The number of nitrogens with zero attached hydrogens (tertiary/aromatic N) is 2. The van der Waals surface area contributed by atoms with E-state index in [1.165, 1.54) is 12.8 Å². The van der Waals surface area contributed by atoms with Crippen molar-refractivity contribution in [3.05, 3.63) is 35.2 Å². The van der Waals surface area contributed by atoms with Crippen LogP contribution in [-0.2, 0) is 11.3 Å². The van der Waals surface area contributed by atoms with Gasteiger partial charge >= 0.3 is 5.97 Å². The summed E-state index contributed by atoms with van der Waals surface area (Å²) in [5.74, 6) is 2.60. The van der Waals surface area contributed by atoms with Crippen LogP contribution >= 0.6 is 11.8 Å².